The standard InChI is InChI=1S/C23H44O3Si2/c1-7-8-9-10-11-12-13-14-15-18-21-24-27(3,4)26-28(5,6)25-23-20-17-16-19-22(23)2/h16-17,19-20H,7-15,18,21H2,1-6H3. The van der Waals surface area contributed by atoms with Gasteiger partial charge in [0.2, 0.25) is 0 Å². The van der Waals surface area contributed by atoms with Gasteiger partial charge >= 0.3 is 17.1 Å². The van der Waals surface area contributed by atoms with Gasteiger partial charge in [0, 0.05) is 6.61 Å². The molecular weight excluding hydrogens is 380 g/mol. The van der Waals surface area contributed by atoms with Gasteiger partial charge in [0.05, 0.1) is 0 Å². The molecule has 0 aliphatic heterocycles. The topological polar surface area (TPSA) is 27.7 Å². The van der Waals surface area contributed by atoms with Crippen LogP contribution in [-0.2, 0) is 8.54 Å². The predicted octanol–water partition coefficient (Wildman–Crippen LogP) is 7.73. The second-order valence-electron chi connectivity index (χ2n) is 8.80. The van der Waals surface area contributed by atoms with Gasteiger partial charge < -0.3 is 13.0 Å². The molecule has 0 aliphatic carbocycles. The lowest BCUT2D eigenvalue weighted by Gasteiger charge is -2.33. The summed E-state index contributed by atoms with van der Waals surface area (Å²) in [5.41, 5.74) is 1.15. The summed E-state index contributed by atoms with van der Waals surface area (Å²) < 4.78 is 18.8. The van der Waals surface area contributed by atoms with Crippen molar-refractivity contribution in [2.75, 3.05) is 6.61 Å². The van der Waals surface area contributed by atoms with Crippen molar-refractivity contribution in [3.8, 4) is 5.75 Å². The van der Waals surface area contributed by atoms with Gasteiger partial charge in [0.1, 0.15) is 5.75 Å². The Balaban J connectivity index is 2.17. The highest BCUT2D eigenvalue weighted by Crippen LogP contribution is 2.24. The first-order valence-corrected chi connectivity index (χ1v) is 17.0. The molecule has 0 radical (unpaired) electrons. The second kappa shape index (κ2) is 13.6. The van der Waals surface area contributed by atoms with Gasteiger partial charge in [-0.3, -0.25) is 0 Å². The molecule has 1 rings (SSSR count). The van der Waals surface area contributed by atoms with Crippen LogP contribution in [0.15, 0.2) is 24.3 Å². The third-order valence-electron chi connectivity index (χ3n) is 4.89. The molecule has 1 aromatic carbocycles. The minimum atomic E-state index is -2.27. The Morgan fingerprint density at radius 2 is 1.25 bits per heavy atom. The van der Waals surface area contributed by atoms with E-state index in [2.05, 4.69) is 46.1 Å². The van der Waals surface area contributed by atoms with Crippen LogP contribution in [0.1, 0.15) is 76.7 Å². The number of benzene rings is 1. The molecule has 0 spiro atoms. The van der Waals surface area contributed by atoms with Gasteiger partial charge in [-0.1, -0.05) is 82.9 Å². The molecule has 162 valence electrons. The van der Waals surface area contributed by atoms with E-state index < -0.39 is 17.1 Å². The third kappa shape index (κ3) is 12.0. The Hall–Kier alpha value is -0.626. The van der Waals surface area contributed by atoms with Crippen molar-refractivity contribution >= 4 is 17.1 Å². The smallest absolute Gasteiger partial charge is 0.383 e. The van der Waals surface area contributed by atoms with Crippen molar-refractivity contribution in [2.45, 2.75) is 104 Å². The maximum Gasteiger partial charge on any atom is 0.383 e. The van der Waals surface area contributed by atoms with Crippen LogP contribution in [0.3, 0.4) is 0 Å². The first-order chi connectivity index (χ1) is 13.3. The first kappa shape index (κ1) is 25.4. The van der Waals surface area contributed by atoms with Gasteiger partial charge in [-0.25, -0.2) is 0 Å². The summed E-state index contributed by atoms with van der Waals surface area (Å²) in [4.78, 5) is 0. The molecule has 0 saturated carbocycles. The Bertz CT molecular complexity index is 532. The van der Waals surface area contributed by atoms with Crippen LogP contribution >= 0.6 is 0 Å². The Morgan fingerprint density at radius 3 is 1.82 bits per heavy atom. The SMILES string of the molecule is CCCCCCCCCCCCO[Si](C)(C)O[Si](C)(C)Oc1ccccc1C. The third-order valence-corrected chi connectivity index (χ3v) is 10.4. The molecule has 0 unspecified atom stereocenters. The lowest BCUT2D eigenvalue weighted by Crippen LogP contribution is -2.50. The summed E-state index contributed by atoms with van der Waals surface area (Å²) in [6.45, 7) is 13.7. The number of para-hydroxylation sites is 1. The molecule has 5 heteroatoms. The zero-order valence-corrected chi connectivity index (χ0v) is 21.3. The van der Waals surface area contributed by atoms with E-state index in [-0.39, 0.29) is 0 Å². The first-order valence-electron chi connectivity index (χ1n) is 11.3. The summed E-state index contributed by atoms with van der Waals surface area (Å²) in [6.07, 6.45) is 13.5. The lowest BCUT2D eigenvalue weighted by atomic mass is 10.1. The Morgan fingerprint density at radius 1 is 0.714 bits per heavy atom. The van der Waals surface area contributed by atoms with E-state index in [1.54, 1.807) is 0 Å². The zero-order chi connectivity index (χ0) is 20.9. The highest BCUT2D eigenvalue weighted by atomic mass is 28.5. The molecule has 0 aliphatic rings. The maximum absolute atomic E-state index is 6.41. The quantitative estimate of drug-likeness (QED) is 0.201. The summed E-state index contributed by atoms with van der Waals surface area (Å²) in [7, 11) is -4.44. The molecule has 0 amide bonds. The van der Waals surface area contributed by atoms with E-state index in [1.807, 2.05) is 18.2 Å². The van der Waals surface area contributed by atoms with E-state index in [9.17, 15) is 0 Å². The minimum Gasteiger partial charge on any atom is -0.521 e. The minimum absolute atomic E-state index is 0.810. The monoisotopic (exact) mass is 424 g/mol. The Labute approximate surface area is 176 Å². The van der Waals surface area contributed by atoms with E-state index >= 15 is 0 Å². The van der Waals surface area contributed by atoms with Gasteiger partial charge in [0.15, 0.2) is 0 Å². The van der Waals surface area contributed by atoms with E-state index in [4.69, 9.17) is 13.0 Å². The number of unbranched alkanes of at least 4 members (excludes halogenated alkanes) is 9. The van der Waals surface area contributed by atoms with Crippen molar-refractivity contribution in [1.82, 2.24) is 0 Å². The molecular formula is C23H44O3Si2. The van der Waals surface area contributed by atoms with Crippen molar-refractivity contribution < 1.29 is 13.0 Å². The molecule has 0 N–H and O–H groups in total. The lowest BCUT2D eigenvalue weighted by molar-refractivity contribution is 0.224. The normalized spacial score (nSPS) is 12.4. The van der Waals surface area contributed by atoms with E-state index in [0.717, 1.165) is 24.3 Å². The zero-order valence-electron chi connectivity index (χ0n) is 19.3. The molecule has 0 bridgehead atoms. The summed E-state index contributed by atoms with van der Waals surface area (Å²) in [5, 5.41) is 0. The number of rotatable bonds is 16. The molecule has 0 fully saturated rings. The van der Waals surface area contributed by atoms with Gasteiger partial charge in [-0.05, 0) is 51.2 Å². The van der Waals surface area contributed by atoms with Crippen LogP contribution in [0.5, 0.6) is 5.75 Å². The summed E-state index contributed by atoms with van der Waals surface area (Å²) in [5.74, 6) is 0.929. The largest absolute Gasteiger partial charge is 0.521 e. The fourth-order valence-electron chi connectivity index (χ4n) is 3.49. The van der Waals surface area contributed by atoms with Crippen molar-refractivity contribution in [3.63, 3.8) is 0 Å². The molecule has 1 aromatic rings. The second-order valence-corrected chi connectivity index (χ2v) is 15.7. The summed E-state index contributed by atoms with van der Waals surface area (Å²) in [6, 6.07) is 8.14. The van der Waals surface area contributed by atoms with Crippen LogP contribution in [0, 0.1) is 6.92 Å². The fraction of sp³-hybridized carbons (Fsp3) is 0.739. The van der Waals surface area contributed by atoms with Crippen LogP contribution in [0.25, 0.3) is 0 Å². The van der Waals surface area contributed by atoms with Gasteiger partial charge in [-0.2, -0.15) is 0 Å². The maximum atomic E-state index is 6.41. The number of hydrogen-bond donors (Lipinski definition) is 0. The van der Waals surface area contributed by atoms with Crippen molar-refractivity contribution in [3.05, 3.63) is 29.8 Å². The average Bonchev–Trinajstić information content (AvgIpc) is 2.60. The van der Waals surface area contributed by atoms with Crippen LogP contribution in [0.4, 0.5) is 0 Å². The van der Waals surface area contributed by atoms with Gasteiger partial charge in [0.25, 0.3) is 0 Å². The van der Waals surface area contributed by atoms with Crippen molar-refractivity contribution in [2.24, 2.45) is 0 Å². The van der Waals surface area contributed by atoms with E-state index in [0.29, 0.717) is 0 Å². The number of aryl methyl sites for hydroxylation is 1. The van der Waals surface area contributed by atoms with Gasteiger partial charge in [-0.15, -0.1) is 0 Å². The van der Waals surface area contributed by atoms with Crippen LogP contribution in [-0.4, -0.2) is 23.7 Å². The van der Waals surface area contributed by atoms with Crippen molar-refractivity contribution in [1.29, 1.82) is 0 Å². The molecule has 0 aromatic heterocycles. The molecule has 3 nitrogen and oxygen atoms in total. The average molecular weight is 425 g/mol. The summed E-state index contributed by atoms with van der Waals surface area (Å²) >= 11 is 0. The van der Waals surface area contributed by atoms with Crippen LogP contribution in [0.2, 0.25) is 26.2 Å². The molecule has 0 saturated heterocycles. The Kier molecular flexibility index (Phi) is 12.3. The molecule has 28 heavy (non-hydrogen) atoms. The molecule has 0 heterocycles. The molecule has 0 atom stereocenters. The van der Waals surface area contributed by atoms with Crippen LogP contribution < -0.4 is 4.43 Å². The number of hydrogen-bond acceptors (Lipinski definition) is 3. The fourth-order valence-corrected chi connectivity index (χ4v) is 10.0. The highest BCUT2D eigenvalue weighted by Gasteiger charge is 2.37. The predicted molar refractivity (Wildman–Crippen MR) is 126 cm³/mol. The van der Waals surface area contributed by atoms with E-state index in [1.165, 1.54) is 57.8 Å². The highest BCUT2D eigenvalue weighted by molar-refractivity contribution is 6.79.